The van der Waals surface area contributed by atoms with Gasteiger partial charge in [-0.15, -0.1) is 0 Å². The van der Waals surface area contributed by atoms with Crippen LogP contribution in [0.15, 0.2) is 48.5 Å². The summed E-state index contributed by atoms with van der Waals surface area (Å²) in [5.41, 5.74) is 8.79. The maximum Gasteiger partial charge on any atom is 0.164 e. The number of aromatic nitrogens is 2. The fraction of sp³-hybridized carbons (Fsp3) is 0.300. The maximum absolute atomic E-state index is 5.86. The lowest BCUT2D eigenvalue weighted by Crippen LogP contribution is -2.28. The standard InChI is InChI=1S/C20H25N5/c1-3-25(4-2)13-12-22-19-14-17(15-8-6-5-7-9-15)16-10-11-18(21)23-20(16)24-19/h5-11,14H,3-4,12-13H2,1-2H3,(H3,21,22,23,24). The Bertz CT molecular complexity index is 828. The number of anilines is 2. The summed E-state index contributed by atoms with van der Waals surface area (Å²) in [4.78, 5) is 11.4. The van der Waals surface area contributed by atoms with Crippen molar-refractivity contribution in [1.29, 1.82) is 0 Å². The number of hydrogen-bond acceptors (Lipinski definition) is 5. The van der Waals surface area contributed by atoms with Gasteiger partial charge in [0.05, 0.1) is 0 Å². The SMILES string of the molecule is CCN(CC)CCNc1cc(-c2ccccc2)c2ccc(N)nc2n1. The van der Waals surface area contributed by atoms with Crippen LogP contribution in [-0.2, 0) is 0 Å². The van der Waals surface area contributed by atoms with E-state index in [-0.39, 0.29) is 0 Å². The molecule has 0 bridgehead atoms. The van der Waals surface area contributed by atoms with Crippen molar-refractivity contribution in [2.24, 2.45) is 0 Å². The van der Waals surface area contributed by atoms with Crippen molar-refractivity contribution in [2.75, 3.05) is 37.2 Å². The third kappa shape index (κ3) is 4.06. The first-order chi connectivity index (χ1) is 12.2. The fourth-order valence-electron chi connectivity index (χ4n) is 2.95. The van der Waals surface area contributed by atoms with E-state index in [1.807, 2.05) is 30.3 Å². The van der Waals surface area contributed by atoms with Gasteiger partial charge in [-0.25, -0.2) is 9.97 Å². The first-order valence-electron chi connectivity index (χ1n) is 8.80. The first-order valence-corrected chi connectivity index (χ1v) is 8.80. The lowest BCUT2D eigenvalue weighted by atomic mass is 10.0. The summed E-state index contributed by atoms with van der Waals surface area (Å²) < 4.78 is 0. The molecule has 130 valence electrons. The molecule has 0 spiro atoms. The van der Waals surface area contributed by atoms with Crippen molar-refractivity contribution in [3.05, 3.63) is 48.5 Å². The molecule has 25 heavy (non-hydrogen) atoms. The van der Waals surface area contributed by atoms with Crippen LogP contribution in [0.1, 0.15) is 13.8 Å². The molecule has 0 aliphatic rings. The summed E-state index contributed by atoms with van der Waals surface area (Å²) >= 11 is 0. The number of benzene rings is 1. The molecule has 3 N–H and O–H groups in total. The van der Waals surface area contributed by atoms with Crippen LogP contribution in [0.25, 0.3) is 22.2 Å². The Labute approximate surface area is 148 Å². The summed E-state index contributed by atoms with van der Waals surface area (Å²) in [6.45, 7) is 8.29. The van der Waals surface area contributed by atoms with Gasteiger partial charge in [0.15, 0.2) is 5.65 Å². The van der Waals surface area contributed by atoms with Gasteiger partial charge in [0.2, 0.25) is 0 Å². The molecule has 0 aliphatic heterocycles. The second-order valence-electron chi connectivity index (χ2n) is 5.98. The quantitative estimate of drug-likeness (QED) is 0.690. The predicted molar refractivity (Wildman–Crippen MR) is 106 cm³/mol. The molecule has 1 aromatic carbocycles. The van der Waals surface area contributed by atoms with E-state index < -0.39 is 0 Å². The van der Waals surface area contributed by atoms with E-state index in [4.69, 9.17) is 5.73 Å². The molecule has 2 heterocycles. The highest BCUT2D eigenvalue weighted by Gasteiger charge is 2.09. The summed E-state index contributed by atoms with van der Waals surface area (Å²) in [6.07, 6.45) is 0. The Hall–Kier alpha value is -2.66. The number of nitrogens with zero attached hydrogens (tertiary/aromatic N) is 3. The topological polar surface area (TPSA) is 67.1 Å². The highest BCUT2D eigenvalue weighted by molar-refractivity contribution is 5.94. The number of nitrogen functional groups attached to an aromatic ring is 1. The summed E-state index contributed by atoms with van der Waals surface area (Å²) in [6, 6.07) is 16.2. The molecule has 0 radical (unpaired) electrons. The average Bonchev–Trinajstić information content (AvgIpc) is 2.65. The maximum atomic E-state index is 5.86. The molecule has 3 rings (SSSR count). The Morgan fingerprint density at radius 1 is 1.00 bits per heavy atom. The molecule has 5 heteroatoms. The van der Waals surface area contributed by atoms with Gasteiger partial charge in [0, 0.05) is 18.5 Å². The van der Waals surface area contributed by atoms with E-state index in [0.717, 1.165) is 48.5 Å². The number of likely N-dealkylation sites (N-methyl/N-ethyl adjacent to an activating group) is 1. The largest absolute Gasteiger partial charge is 0.384 e. The second-order valence-corrected chi connectivity index (χ2v) is 5.98. The van der Waals surface area contributed by atoms with Crippen molar-refractivity contribution < 1.29 is 0 Å². The van der Waals surface area contributed by atoms with Crippen LogP contribution in [-0.4, -0.2) is 41.0 Å². The van der Waals surface area contributed by atoms with Crippen LogP contribution in [0.4, 0.5) is 11.6 Å². The van der Waals surface area contributed by atoms with Crippen molar-refractivity contribution in [1.82, 2.24) is 14.9 Å². The van der Waals surface area contributed by atoms with E-state index in [0.29, 0.717) is 11.5 Å². The number of hydrogen-bond donors (Lipinski definition) is 2. The Morgan fingerprint density at radius 2 is 1.76 bits per heavy atom. The highest BCUT2D eigenvalue weighted by atomic mass is 15.1. The zero-order chi connectivity index (χ0) is 17.6. The molecule has 0 fully saturated rings. The number of fused-ring (bicyclic) bond motifs is 1. The van der Waals surface area contributed by atoms with E-state index in [1.54, 1.807) is 0 Å². The Balaban J connectivity index is 1.94. The van der Waals surface area contributed by atoms with Crippen molar-refractivity contribution in [3.63, 3.8) is 0 Å². The van der Waals surface area contributed by atoms with E-state index in [9.17, 15) is 0 Å². The molecular weight excluding hydrogens is 310 g/mol. The molecule has 5 nitrogen and oxygen atoms in total. The van der Waals surface area contributed by atoms with Crippen LogP contribution in [0.3, 0.4) is 0 Å². The van der Waals surface area contributed by atoms with Crippen molar-refractivity contribution in [2.45, 2.75) is 13.8 Å². The van der Waals surface area contributed by atoms with Gasteiger partial charge in [-0.3, -0.25) is 0 Å². The van der Waals surface area contributed by atoms with E-state index in [1.165, 1.54) is 0 Å². The molecular formula is C20H25N5. The summed E-state index contributed by atoms with van der Waals surface area (Å²) in [7, 11) is 0. The molecule has 3 aromatic rings. The van der Waals surface area contributed by atoms with Crippen LogP contribution in [0.2, 0.25) is 0 Å². The lowest BCUT2D eigenvalue weighted by molar-refractivity contribution is 0.316. The molecule has 0 aliphatic carbocycles. The number of rotatable bonds is 7. The van der Waals surface area contributed by atoms with Gasteiger partial charge >= 0.3 is 0 Å². The average molecular weight is 335 g/mol. The monoisotopic (exact) mass is 335 g/mol. The smallest absolute Gasteiger partial charge is 0.164 e. The van der Waals surface area contributed by atoms with E-state index >= 15 is 0 Å². The number of pyridine rings is 2. The normalized spacial score (nSPS) is 11.2. The molecule has 2 aromatic heterocycles. The molecule has 0 unspecified atom stereocenters. The molecule has 0 saturated heterocycles. The fourth-order valence-corrected chi connectivity index (χ4v) is 2.95. The van der Waals surface area contributed by atoms with Gasteiger partial charge in [0.1, 0.15) is 11.6 Å². The number of nitrogens with two attached hydrogens (primary N) is 1. The van der Waals surface area contributed by atoms with Crippen LogP contribution in [0.5, 0.6) is 0 Å². The highest BCUT2D eigenvalue weighted by Crippen LogP contribution is 2.29. The van der Waals surface area contributed by atoms with Crippen LogP contribution < -0.4 is 11.1 Å². The van der Waals surface area contributed by atoms with Crippen LogP contribution >= 0.6 is 0 Å². The number of nitrogens with one attached hydrogen (secondary N) is 1. The Kier molecular flexibility index (Phi) is 5.46. The van der Waals surface area contributed by atoms with Gasteiger partial charge in [-0.2, -0.15) is 0 Å². The van der Waals surface area contributed by atoms with Gasteiger partial charge < -0.3 is 16.0 Å². The first kappa shape index (κ1) is 17.2. The minimum absolute atomic E-state index is 0.485. The Morgan fingerprint density at radius 3 is 2.48 bits per heavy atom. The van der Waals surface area contributed by atoms with Gasteiger partial charge in [-0.1, -0.05) is 44.2 Å². The second kappa shape index (κ2) is 7.94. The predicted octanol–water partition coefficient (Wildman–Crippen LogP) is 3.63. The van der Waals surface area contributed by atoms with Gasteiger partial charge in [-0.05, 0) is 42.4 Å². The zero-order valence-corrected chi connectivity index (χ0v) is 14.9. The molecule has 0 amide bonds. The summed E-state index contributed by atoms with van der Waals surface area (Å²) in [5, 5.41) is 4.44. The van der Waals surface area contributed by atoms with Crippen LogP contribution in [0, 0.1) is 0 Å². The van der Waals surface area contributed by atoms with Crippen molar-refractivity contribution in [3.8, 4) is 11.1 Å². The van der Waals surface area contributed by atoms with Gasteiger partial charge in [0.25, 0.3) is 0 Å². The molecule has 0 atom stereocenters. The lowest BCUT2D eigenvalue weighted by Gasteiger charge is -2.18. The zero-order valence-electron chi connectivity index (χ0n) is 14.9. The molecule has 0 saturated carbocycles. The summed E-state index contributed by atoms with van der Waals surface area (Å²) in [5.74, 6) is 1.32. The minimum Gasteiger partial charge on any atom is -0.384 e. The van der Waals surface area contributed by atoms with E-state index in [2.05, 4.69) is 52.2 Å². The van der Waals surface area contributed by atoms with Crippen molar-refractivity contribution >= 4 is 22.7 Å². The third-order valence-corrected chi connectivity index (χ3v) is 4.41. The minimum atomic E-state index is 0.485. The third-order valence-electron chi connectivity index (χ3n) is 4.41.